The zero-order valence-electron chi connectivity index (χ0n) is 9.56. The fourth-order valence-electron chi connectivity index (χ4n) is 1.11. The number of benzene rings is 1. The molecule has 0 fully saturated rings. The Morgan fingerprint density at radius 1 is 1.18 bits per heavy atom. The molecule has 96 valence electrons. The van der Waals surface area contributed by atoms with Crippen LogP contribution in [0.5, 0.6) is 11.5 Å². The van der Waals surface area contributed by atoms with E-state index in [1.54, 1.807) is 0 Å². The summed E-state index contributed by atoms with van der Waals surface area (Å²) in [7, 11) is -1.77. The highest BCUT2D eigenvalue weighted by atomic mass is 79.9. The molecule has 0 radical (unpaired) electrons. The van der Waals surface area contributed by atoms with Crippen LogP contribution in [0, 0.1) is 0 Å². The molecule has 0 aliphatic heterocycles. The van der Waals surface area contributed by atoms with Crippen LogP contribution in [0.3, 0.4) is 0 Å². The van der Waals surface area contributed by atoms with Gasteiger partial charge in [0.1, 0.15) is 11.5 Å². The zero-order valence-corrected chi connectivity index (χ0v) is 12.1. The quantitative estimate of drug-likeness (QED) is 0.757. The lowest BCUT2D eigenvalue weighted by Crippen LogP contribution is -2.29. The van der Waals surface area contributed by atoms with Gasteiger partial charge in [0.25, 0.3) is 0 Å². The van der Waals surface area contributed by atoms with E-state index in [1.165, 1.54) is 18.2 Å². The first kappa shape index (κ1) is 14.4. The van der Waals surface area contributed by atoms with Crippen molar-refractivity contribution in [1.29, 1.82) is 0 Å². The van der Waals surface area contributed by atoms with Crippen molar-refractivity contribution in [1.82, 2.24) is 0 Å². The summed E-state index contributed by atoms with van der Waals surface area (Å²) in [6.07, 6.45) is -4.69. The van der Waals surface area contributed by atoms with Gasteiger partial charge in [-0.3, -0.25) is 0 Å². The molecule has 0 N–H and O–H groups in total. The summed E-state index contributed by atoms with van der Waals surface area (Å²) in [6.45, 7) is 5.96. The molecule has 2 nitrogen and oxygen atoms in total. The summed E-state index contributed by atoms with van der Waals surface area (Å²) in [5, 5.41) is 0. The molecule has 0 bridgehead atoms. The summed E-state index contributed by atoms with van der Waals surface area (Å²) in [4.78, 5) is 0. The maximum atomic E-state index is 12.0. The van der Waals surface area contributed by atoms with Crippen molar-refractivity contribution in [3.8, 4) is 11.5 Å². The van der Waals surface area contributed by atoms with Crippen LogP contribution in [0.1, 0.15) is 0 Å². The molecule has 0 unspecified atom stereocenters. The maximum absolute atomic E-state index is 12.0. The van der Waals surface area contributed by atoms with Gasteiger partial charge in [-0.1, -0.05) is 0 Å². The van der Waals surface area contributed by atoms with Crippen molar-refractivity contribution >= 4 is 24.2 Å². The molecular formula is C10H12BrF3O2Si. The van der Waals surface area contributed by atoms with Crippen molar-refractivity contribution in [2.45, 2.75) is 26.0 Å². The van der Waals surface area contributed by atoms with E-state index in [4.69, 9.17) is 4.43 Å². The Morgan fingerprint density at radius 2 is 1.76 bits per heavy atom. The summed E-state index contributed by atoms with van der Waals surface area (Å²) in [5.41, 5.74) is 0. The Labute approximate surface area is 107 Å². The van der Waals surface area contributed by atoms with E-state index >= 15 is 0 Å². The third-order valence-electron chi connectivity index (χ3n) is 1.55. The van der Waals surface area contributed by atoms with E-state index in [1.807, 2.05) is 19.6 Å². The average molecular weight is 329 g/mol. The fourth-order valence-corrected chi connectivity index (χ4v) is 2.38. The van der Waals surface area contributed by atoms with E-state index < -0.39 is 14.7 Å². The van der Waals surface area contributed by atoms with Crippen LogP contribution in [0.15, 0.2) is 22.7 Å². The first-order valence-corrected chi connectivity index (χ1v) is 9.01. The lowest BCUT2D eigenvalue weighted by molar-refractivity contribution is -0.274. The van der Waals surface area contributed by atoms with Crippen LogP contribution in [0.4, 0.5) is 13.2 Å². The molecule has 0 heterocycles. The molecule has 0 atom stereocenters. The van der Waals surface area contributed by atoms with Crippen LogP contribution in [0.25, 0.3) is 0 Å². The van der Waals surface area contributed by atoms with Crippen LogP contribution in [0.2, 0.25) is 19.6 Å². The molecule has 7 heteroatoms. The van der Waals surface area contributed by atoms with Gasteiger partial charge >= 0.3 is 6.36 Å². The fraction of sp³-hybridized carbons (Fsp3) is 0.400. The zero-order chi connectivity index (χ0) is 13.3. The molecule has 0 aliphatic rings. The van der Waals surface area contributed by atoms with E-state index in [0.29, 0.717) is 5.75 Å². The van der Waals surface area contributed by atoms with Crippen molar-refractivity contribution < 1.29 is 22.3 Å². The van der Waals surface area contributed by atoms with Gasteiger partial charge in [-0.2, -0.15) is 0 Å². The van der Waals surface area contributed by atoms with Crippen LogP contribution >= 0.6 is 15.9 Å². The number of hydrogen-bond donors (Lipinski definition) is 0. The maximum Gasteiger partial charge on any atom is 0.573 e. The normalized spacial score (nSPS) is 12.4. The second-order valence-electron chi connectivity index (χ2n) is 4.35. The first-order valence-electron chi connectivity index (χ1n) is 4.81. The Morgan fingerprint density at radius 3 is 2.18 bits per heavy atom. The van der Waals surface area contributed by atoms with Gasteiger partial charge in [-0.25, -0.2) is 0 Å². The lowest BCUT2D eigenvalue weighted by atomic mass is 10.3. The van der Waals surface area contributed by atoms with Crippen molar-refractivity contribution in [3.05, 3.63) is 22.7 Å². The van der Waals surface area contributed by atoms with Gasteiger partial charge in [0, 0.05) is 0 Å². The molecule has 0 aliphatic carbocycles. The third kappa shape index (κ3) is 5.45. The third-order valence-corrected chi connectivity index (χ3v) is 3.02. The number of rotatable bonds is 3. The predicted octanol–water partition coefficient (Wildman–Crippen LogP) is 4.56. The summed E-state index contributed by atoms with van der Waals surface area (Å²) < 4.78 is 45.8. The molecule has 0 spiro atoms. The summed E-state index contributed by atoms with van der Waals surface area (Å²) in [6, 6.07) is 4.16. The molecule has 1 rings (SSSR count). The lowest BCUT2D eigenvalue weighted by Gasteiger charge is -2.20. The Kier molecular flexibility index (Phi) is 4.13. The highest BCUT2D eigenvalue weighted by Crippen LogP contribution is 2.33. The highest BCUT2D eigenvalue weighted by molar-refractivity contribution is 9.10. The number of alkyl halides is 3. The van der Waals surface area contributed by atoms with Gasteiger partial charge in [0.05, 0.1) is 4.47 Å². The molecular weight excluding hydrogens is 317 g/mol. The molecule has 0 amide bonds. The van der Waals surface area contributed by atoms with Crippen LogP contribution < -0.4 is 9.16 Å². The smallest absolute Gasteiger partial charge is 0.544 e. The molecule has 0 saturated heterocycles. The topological polar surface area (TPSA) is 18.5 Å². The minimum Gasteiger partial charge on any atom is -0.544 e. The van der Waals surface area contributed by atoms with Gasteiger partial charge in [0.15, 0.2) is 0 Å². The minimum absolute atomic E-state index is 0.213. The Balaban J connectivity index is 2.87. The van der Waals surface area contributed by atoms with Gasteiger partial charge in [-0.05, 0) is 53.8 Å². The largest absolute Gasteiger partial charge is 0.573 e. The molecule has 1 aromatic carbocycles. The van der Waals surface area contributed by atoms with E-state index in [0.717, 1.165) is 0 Å². The number of halogens is 4. The van der Waals surface area contributed by atoms with Crippen molar-refractivity contribution in [2.75, 3.05) is 0 Å². The molecule has 0 saturated carbocycles. The molecule has 1 aromatic rings. The first-order chi connectivity index (χ1) is 7.57. The van der Waals surface area contributed by atoms with Crippen LogP contribution in [-0.4, -0.2) is 14.7 Å². The van der Waals surface area contributed by atoms with Gasteiger partial charge < -0.3 is 9.16 Å². The highest BCUT2D eigenvalue weighted by Gasteiger charge is 2.32. The molecule has 17 heavy (non-hydrogen) atoms. The van der Waals surface area contributed by atoms with Gasteiger partial charge in [-0.15, -0.1) is 13.2 Å². The number of hydrogen-bond acceptors (Lipinski definition) is 2. The average Bonchev–Trinajstić information content (AvgIpc) is 2.05. The van der Waals surface area contributed by atoms with E-state index in [-0.39, 0.29) is 10.2 Å². The summed E-state index contributed by atoms with van der Waals surface area (Å²) in [5.74, 6) is 0.256. The monoisotopic (exact) mass is 328 g/mol. The molecule has 0 aromatic heterocycles. The number of ether oxygens (including phenoxy) is 1. The summed E-state index contributed by atoms with van der Waals surface area (Å²) >= 11 is 3.02. The predicted molar refractivity (Wildman–Crippen MR) is 64.8 cm³/mol. The van der Waals surface area contributed by atoms with Gasteiger partial charge in [0.2, 0.25) is 8.32 Å². The standard InChI is InChI=1S/C10H12BrF3O2Si/c1-17(2,3)16-7-4-5-9(8(11)6-7)15-10(12,13)14/h4-6H,1-3H3. The minimum atomic E-state index is -4.69. The second kappa shape index (κ2) is 4.89. The van der Waals surface area contributed by atoms with E-state index in [9.17, 15) is 13.2 Å². The Bertz CT molecular complexity index is 402. The van der Waals surface area contributed by atoms with E-state index in [2.05, 4.69) is 20.7 Å². The van der Waals surface area contributed by atoms with Crippen molar-refractivity contribution in [3.63, 3.8) is 0 Å². The second-order valence-corrected chi connectivity index (χ2v) is 9.64. The Hall–Kier alpha value is -0.693. The SMILES string of the molecule is C[Si](C)(C)Oc1ccc(OC(F)(F)F)c(Br)c1. The van der Waals surface area contributed by atoms with Crippen molar-refractivity contribution in [2.24, 2.45) is 0 Å². The van der Waals surface area contributed by atoms with Crippen LogP contribution in [-0.2, 0) is 0 Å².